The van der Waals surface area contributed by atoms with Crippen LogP contribution in [-0.2, 0) is 17.8 Å². The number of hydrogen-bond acceptors (Lipinski definition) is 3. The summed E-state index contributed by atoms with van der Waals surface area (Å²) >= 11 is 0. The Morgan fingerprint density at radius 3 is 3.16 bits per heavy atom. The van der Waals surface area contributed by atoms with E-state index in [9.17, 15) is 4.79 Å². The number of aromatic nitrogens is 2. The molecule has 0 saturated carbocycles. The van der Waals surface area contributed by atoms with E-state index in [1.165, 1.54) is 5.56 Å². The van der Waals surface area contributed by atoms with E-state index in [0.717, 1.165) is 17.7 Å². The normalized spacial score (nSPS) is 17.4. The Kier molecular flexibility index (Phi) is 3.18. The van der Waals surface area contributed by atoms with Crippen molar-refractivity contribution in [3.63, 3.8) is 0 Å². The Labute approximate surface area is 111 Å². The summed E-state index contributed by atoms with van der Waals surface area (Å²) in [7, 11) is 0. The Morgan fingerprint density at radius 2 is 2.32 bits per heavy atom. The molecule has 3 rings (SSSR count). The van der Waals surface area contributed by atoms with Gasteiger partial charge in [0.2, 0.25) is 5.91 Å². The number of carbonyl (C=O) groups excluding carboxylic acids is 1. The number of benzene rings is 1. The number of rotatable bonds is 3. The average molecular weight is 256 g/mol. The molecule has 0 spiro atoms. The molecule has 1 aliphatic rings. The summed E-state index contributed by atoms with van der Waals surface area (Å²) in [4.78, 5) is 12.1. The van der Waals surface area contributed by atoms with Crippen LogP contribution in [0.25, 0.3) is 0 Å². The largest absolute Gasteiger partial charge is 0.384 e. The van der Waals surface area contributed by atoms with Gasteiger partial charge < -0.3 is 10.6 Å². The Balaban J connectivity index is 1.60. The lowest BCUT2D eigenvalue weighted by Crippen LogP contribution is -2.37. The first-order chi connectivity index (χ1) is 9.33. The molecule has 0 radical (unpaired) electrons. The van der Waals surface area contributed by atoms with Crippen molar-refractivity contribution in [1.82, 2.24) is 15.5 Å². The molecule has 1 amide bonds. The van der Waals surface area contributed by atoms with Crippen LogP contribution in [0.5, 0.6) is 0 Å². The Bertz CT molecular complexity index is 565. The molecule has 2 heterocycles. The van der Waals surface area contributed by atoms with Crippen molar-refractivity contribution in [3.8, 4) is 0 Å². The van der Waals surface area contributed by atoms with Gasteiger partial charge in [-0.3, -0.25) is 9.89 Å². The summed E-state index contributed by atoms with van der Waals surface area (Å²) in [6.45, 7) is 1.21. The molecule has 0 fully saturated rings. The maximum absolute atomic E-state index is 12.1. The molecule has 1 atom stereocenters. The molecule has 0 saturated heterocycles. The van der Waals surface area contributed by atoms with Crippen LogP contribution in [0.4, 0.5) is 5.69 Å². The third-order valence-electron chi connectivity index (χ3n) is 3.41. The van der Waals surface area contributed by atoms with Crippen molar-refractivity contribution in [1.29, 1.82) is 0 Å². The molecule has 1 aromatic heterocycles. The Morgan fingerprint density at radius 1 is 1.42 bits per heavy atom. The van der Waals surface area contributed by atoms with Crippen molar-refractivity contribution in [2.75, 3.05) is 11.9 Å². The van der Waals surface area contributed by atoms with Crippen molar-refractivity contribution >= 4 is 11.6 Å². The highest BCUT2D eigenvalue weighted by molar-refractivity contribution is 5.80. The van der Waals surface area contributed by atoms with E-state index in [1.807, 2.05) is 12.1 Å². The summed E-state index contributed by atoms with van der Waals surface area (Å²) in [6, 6.07) is 8.13. The highest BCUT2D eigenvalue weighted by Crippen LogP contribution is 2.24. The first kappa shape index (κ1) is 11.8. The second kappa shape index (κ2) is 5.14. The van der Waals surface area contributed by atoms with Gasteiger partial charge in [-0.05, 0) is 18.1 Å². The van der Waals surface area contributed by atoms with Gasteiger partial charge >= 0.3 is 0 Å². The van der Waals surface area contributed by atoms with Gasteiger partial charge in [0.05, 0.1) is 12.1 Å². The zero-order valence-corrected chi connectivity index (χ0v) is 10.5. The van der Waals surface area contributed by atoms with E-state index in [1.54, 1.807) is 12.4 Å². The number of amides is 1. The summed E-state index contributed by atoms with van der Waals surface area (Å²) in [6.07, 6.45) is 4.30. The van der Waals surface area contributed by atoms with E-state index < -0.39 is 0 Å². The van der Waals surface area contributed by atoms with Crippen LogP contribution < -0.4 is 10.6 Å². The highest BCUT2D eigenvalue weighted by Gasteiger charge is 2.23. The summed E-state index contributed by atoms with van der Waals surface area (Å²) in [5.74, 6) is 0.0741. The monoisotopic (exact) mass is 256 g/mol. The molecule has 5 nitrogen and oxygen atoms in total. The van der Waals surface area contributed by atoms with E-state index in [2.05, 4.69) is 33.0 Å². The van der Waals surface area contributed by atoms with E-state index in [4.69, 9.17) is 0 Å². The number of anilines is 1. The van der Waals surface area contributed by atoms with E-state index in [0.29, 0.717) is 13.1 Å². The summed E-state index contributed by atoms with van der Waals surface area (Å²) in [5.41, 5.74) is 3.33. The molecule has 5 heteroatoms. The van der Waals surface area contributed by atoms with Crippen LogP contribution in [0.3, 0.4) is 0 Å². The molecule has 98 valence electrons. The van der Waals surface area contributed by atoms with Crippen LogP contribution in [0.1, 0.15) is 11.1 Å². The lowest BCUT2D eigenvalue weighted by Gasteiger charge is -2.25. The minimum Gasteiger partial charge on any atom is -0.384 e. The lowest BCUT2D eigenvalue weighted by molar-refractivity contribution is -0.124. The fourth-order valence-electron chi connectivity index (χ4n) is 2.33. The van der Waals surface area contributed by atoms with Crippen molar-refractivity contribution in [2.24, 2.45) is 5.92 Å². The van der Waals surface area contributed by atoms with Gasteiger partial charge in [-0.15, -0.1) is 0 Å². The van der Waals surface area contributed by atoms with Gasteiger partial charge in [0.25, 0.3) is 0 Å². The average Bonchev–Trinajstić information content (AvgIpc) is 2.97. The smallest absolute Gasteiger partial charge is 0.225 e. The SMILES string of the molecule is O=C(NCc1cn[nH]c1)C1CNc2ccccc2C1. The first-order valence-corrected chi connectivity index (χ1v) is 6.40. The molecule has 3 N–H and O–H groups in total. The molecule has 2 aromatic rings. The number of para-hydroxylation sites is 1. The number of nitrogens with one attached hydrogen (secondary N) is 3. The fraction of sp³-hybridized carbons (Fsp3) is 0.286. The number of nitrogens with zero attached hydrogens (tertiary/aromatic N) is 1. The zero-order chi connectivity index (χ0) is 13.1. The van der Waals surface area contributed by atoms with Gasteiger partial charge in [0.15, 0.2) is 0 Å². The number of hydrogen-bond donors (Lipinski definition) is 3. The zero-order valence-electron chi connectivity index (χ0n) is 10.5. The highest BCUT2D eigenvalue weighted by atomic mass is 16.1. The molecule has 1 unspecified atom stereocenters. The van der Waals surface area contributed by atoms with Crippen LogP contribution in [-0.4, -0.2) is 22.6 Å². The molecular formula is C14H16N4O. The standard InChI is InChI=1S/C14H16N4O/c19-14(16-6-10-7-17-18-8-10)12-5-11-3-1-2-4-13(11)15-9-12/h1-4,7-8,12,15H,5-6,9H2,(H,16,19)(H,17,18). The molecule has 1 aliphatic heterocycles. The predicted octanol–water partition coefficient (Wildman–Crippen LogP) is 1.31. The van der Waals surface area contributed by atoms with E-state index in [-0.39, 0.29) is 11.8 Å². The third kappa shape index (κ3) is 2.59. The molecule has 0 bridgehead atoms. The fourth-order valence-corrected chi connectivity index (χ4v) is 2.33. The first-order valence-electron chi connectivity index (χ1n) is 6.40. The van der Waals surface area contributed by atoms with Gasteiger partial charge in [0.1, 0.15) is 0 Å². The van der Waals surface area contributed by atoms with Crippen LogP contribution in [0.15, 0.2) is 36.7 Å². The molecule has 0 aliphatic carbocycles. The molecule has 19 heavy (non-hydrogen) atoms. The van der Waals surface area contributed by atoms with Crippen molar-refractivity contribution < 1.29 is 4.79 Å². The van der Waals surface area contributed by atoms with Crippen LogP contribution in [0.2, 0.25) is 0 Å². The second-order valence-electron chi connectivity index (χ2n) is 4.76. The number of aromatic amines is 1. The maximum Gasteiger partial charge on any atom is 0.225 e. The van der Waals surface area contributed by atoms with Gasteiger partial charge in [-0.25, -0.2) is 0 Å². The number of H-pyrrole nitrogens is 1. The Hall–Kier alpha value is -2.30. The van der Waals surface area contributed by atoms with Gasteiger partial charge in [0, 0.05) is 30.5 Å². The van der Waals surface area contributed by atoms with Crippen molar-refractivity contribution in [2.45, 2.75) is 13.0 Å². The minimum atomic E-state index is -0.0122. The molecular weight excluding hydrogens is 240 g/mol. The van der Waals surface area contributed by atoms with E-state index >= 15 is 0 Å². The topological polar surface area (TPSA) is 69.8 Å². The van der Waals surface area contributed by atoms with Gasteiger partial charge in [-0.1, -0.05) is 18.2 Å². The number of fused-ring (bicyclic) bond motifs is 1. The minimum absolute atomic E-state index is 0.0122. The summed E-state index contributed by atoms with van der Waals surface area (Å²) in [5, 5.41) is 12.8. The molecule has 1 aromatic carbocycles. The maximum atomic E-state index is 12.1. The van der Waals surface area contributed by atoms with Gasteiger partial charge in [-0.2, -0.15) is 5.10 Å². The lowest BCUT2D eigenvalue weighted by atomic mass is 9.93. The van der Waals surface area contributed by atoms with Crippen LogP contribution >= 0.6 is 0 Å². The second-order valence-corrected chi connectivity index (χ2v) is 4.76. The third-order valence-corrected chi connectivity index (χ3v) is 3.41. The summed E-state index contributed by atoms with van der Waals surface area (Å²) < 4.78 is 0. The van der Waals surface area contributed by atoms with Crippen LogP contribution in [0, 0.1) is 5.92 Å². The predicted molar refractivity (Wildman–Crippen MR) is 72.6 cm³/mol. The number of carbonyl (C=O) groups is 1. The van der Waals surface area contributed by atoms with Crippen molar-refractivity contribution in [3.05, 3.63) is 47.8 Å². The quantitative estimate of drug-likeness (QED) is 0.775.